The summed E-state index contributed by atoms with van der Waals surface area (Å²) >= 11 is 6.38. The van der Waals surface area contributed by atoms with Gasteiger partial charge in [-0.15, -0.1) is 10.2 Å². The number of carbonyl (C=O) groups excluding carboxylic acids is 2. The number of nitriles is 1. The molecule has 13 heteroatoms. The van der Waals surface area contributed by atoms with E-state index in [-0.39, 0.29) is 46.5 Å². The molecular formula is C25H22ClFN8O3. The van der Waals surface area contributed by atoms with Gasteiger partial charge in [0.2, 0.25) is 11.7 Å². The summed E-state index contributed by atoms with van der Waals surface area (Å²) < 4.78 is 20.1. The molecular weight excluding hydrogens is 515 g/mol. The number of oxazole rings is 1. The van der Waals surface area contributed by atoms with Crippen molar-refractivity contribution in [2.45, 2.75) is 33.0 Å². The van der Waals surface area contributed by atoms with E-state index in [1.54, 1.807) is 37.3 Å². The zero-order valence-corrected chi connectivity index (χ0v) is 21.6. The van der Waals surface area contributed by atoms with E-state index in [4.69, 9.17) is 16.0 Å². The Bertz CT molecular complexity index is 1580. The van der Waals surface area contributed by atoms with Crippen LogP contribution in [0.15, 0.2) is 40.8 Å². The highest BCUT2D eigenvalue weighted by Gasteiger charge is 2.28. The number of aryl methyl sites for hydroxylation is 1. The minimum atomic E-state index is -1.80. The summed E-state index contributed by atoms with van der Waals surface area (Å²) in [7, 11) is 1.44. The summed E-state index contributed by atoms with van der Waals surface area (Å²) in [5, 5.41) is 26.4. The van der Waals surface area contributed by atoms with Crippen LogP contribution in [0.4, 0.5) is 10.1 Å². The molecule has 0 bridgehead atoms. The molecule has 0 radical (unpaired) electrons. The van der Waals surface area contributed by atoms with Gasteiger partial charge in [0, 0.05) is 12.6 Å². The molecule has 2 aromatic carbocycles. The predicted molar refractivity (Wildman–Crippen MR) is 135 cm³/mol. The van der Waals surface area contributed by atoms with Gasteiger partial charge in [-0.2, -0.15) is 10.1 Å². The fourth-order valence-electron chi connectivity index (χ4n) is 3.59. The van der Waals surface area contributed by atoms with Gasteiger partial charge < -0.3 is 15.1 Å². The van der Waals surface area contributed by atoms with Crippen LogP contribution in [0, 0.1) is 18.3 Å². The first-order chi connectivity index (χ1) is 18.0. The fraction of sp³-hybridized carbons (Fsp3) is 0.240. The van der Waals surface area contributed by atoms with E-state index in [0.29, 0.717) is 16.1 Å². The maximum Gasteiger partial charge on any atom is 0.278 e. The number of nitrogens with one attached hydrogen (secondary N) is 2. The molecule has 11 nitrogen and oxygen atoms in total. The second-order valence-electron chi connectivity index (χ2n) is 8.74. The van der Waals surface area contributed by atoms with Crippen LogP contribution in [0.1, 0.15) is 57.5 Å². The van der Waals surface area contributed by atoms with Crippen LogP contribution in [-0.4, -0.2) is 44.1 Å². The lowest BCUT2D eigenvalue weighted by atomic mass is 10.0. The normalized spacial score (nSPS) is 11.2. The third kappa shape index (κ3) is 5.37. The van der Waals surface area contributed by atoms with Crippen LogP contribution < -0.4 is 10.6 Å². The average Bonchev–Trinajstić information content (AvgIpc) is 3.52. The Labute approximate surface area is 221 Å². The summed E-state index contributed by atoms with van der Waals surface area (Å²) in [5.74, 6) is -1.19. The van der Waals surface area contributed by atoms with Crippen molar-refractivity contribution in [3.8, 4) is 17.4 Å². The first-order valence-electron chi connectivity index (χ1n) is 11.3. The number of anilines is 1. The molecule has 0 spiro atoms. The number of benzene rings is 2. The molecule has 2 amide bonds. The van der Waals surface area contributed by atoms with Gasteiger partial charge in [-0.25, -0.2) is 9.37 Å². The predicted octanol–water partition coefficient (Wildman–Crippen LogP) is 4.03. The number of alkyl halides is 1. The fourth-order valence-corrected chi connectivity index (χ4v) is 3.81. The van der Waals surface area contributed by atoms with Crippen molar-refractivity contribution in [3.63, 3.8) is 0 Å². The van der Waals surface area contributed by atoms with Crippen molar-refractivity contribution in [1.29, 1.82) is 5.26 Å². The molecule has 4 aromatic rings. The lowest BCUT2D eigenvalue weighted by Gasteiger charge is -2.13. The summed E-state index contributed by atoms with van der Waals surface area (Å²) in [6.07, 6.45) is 0. The molecule has 0 aliphatic heterocycles. The topological polar surface area (TPSA) is 152 Å². The standard InChI is InChI=1S/C25H22ClFN8O3/c1-13-9-14(11-28)10-16(22(36)29-4)19(13)31-23(37)20-21(15-7-5-6-8-17(15)26)38-18(30-20)12-35-33-24(32-34-35)25(2,3)27/h5-10H,12H2,1-4H3,(H,29,36)(H,31,37). The van der Waals surface area contributed by atoms with Crippen LogP contribution in [0.5, 0.6) is 0 Å². The maximum absolute atomic E-state index is 14.2. The number of rotatable bonds is 7. The lowest BCUT2D eigenvalue weighted by molar-refractivity contribution is 0.0964. The molecule has 2 aromatic heterocycles. The molecule has 0 aliphatic rings. The number of tetrazole rings is 1. The second-order valence-corrected chi connectivity index (χ2v) is 9.15. The molecule has 194 valence electrons. The highest BCUT2D eigenvalue weighted by atomic mass is 35.5. The van der Waals surface area contributed by atoms with Crippen molar-refractivity contribution in [2.75, 3.05) is 12.4 Å². The number of hydrogen-bond donors (Lipinski definition) is 2. The van der Waals surface area contributed by atoms with Crippen molar-refractivity contribution < 1.29 is 18.4 Å². The van der Waals surface area contributed by atoms with Gasteiger partial charge in [-0.1, -0.05) is 23.7 Å². The van der Waals surface area contributed by atoms with E-state index in [2.05, 4.69) is 31.0 Å². The Kier molecular flexibility index (Phi) is 7.23. The highest BCUT2D eigenvalue weighted by Crippen LogP contribution is 2.33. The van der Waals surface area contributed by atoms with E-state index in [1.165, 1.54) is 27.0 Å². The molecule has 2 N–H and O–H groups in total. The lowest BCUT2D eigenvalue weighted by Crippen LogP contribution is -2.23. The molecule has 38 heavy (non-hydrogen) atoms. The van der Waals surface area contributed by atoms with Gasteiger partial charge in [0.15, 0.2) is 17.1 Å². The Morgan fingerprint density at radius 2 is 1.97 bits per heavy atom. The van der Waals surface area contributed by atoms with Crippen LogP contribution in [0.2, 0.25) is 5.02 Å². The van der Waals surface area contributed by atoms with Crippen LogP contribution >= 0.6 is 11.6 Å². The molecule has 0 aliphatic carbocycles. The minimum Gasteiger partial charge on any atom is -0.438 e. The summed E-state index contributed by atoms with van der Waals surface area (Å²) in [6.45, 7) is 4.12. The molecule has 0 fully saturated rings. The summed E-state index contributed by atoms with van der Waals surface area (Å²) in [4.78, 5) is 31.5. The van der Waals surface area contributed by atoms with Crippen LogP contribution in [0.3, 0.4) is 0 Å². The average molecular weight is 537 g/mol. The Hall–Kier alpha value is -4.63. The third-order valence-corrected chi connectivity index (χ3v) is 5.77. The first-order valence-corrected chi connectivity index (χ1v) is 11.7. The minimum absolute atomic E-state index is 0.0359. The van der Waals surface area contributed by atoms with Gasteiger partial charge in [0.1, 0.15) is 6.54 Å². The van der Waals surface area contributed by atoms with E-state index >= 15 is 0 Å². The van der Waals surface area contributed by atoms with Crippen LogP contribution in [0.25, 0.3) is 11.3 Å². The molecule has 0 saturated heterocycles. The first kappa shape index (κ1) is 26.4. The van der Waals surface area contributed by atoms with Crippen molar-refractivity contribution >= 4 is 29.1 Å². The van der Waals surface area contributed by atoms with Gasteiger partial charge in [0.25, 0.3) is 11.8 Å². The number of halogens is 2. The monoisotopic (exact) mass is 536 g/mol. The van der Waals surface area contributed by atoms with Gasteiger partial charge >= 0.3 is 0 Å². The zero-order valence-electron chi connectivity index (χ0n) is 20.8. The van der Waals surface area contributed by atoms with Crippen molar-refractivity contribution in [1.82, 2.24) is 30.5 Å². The molecule has 2 heterocycles. The number of nitrogens with zero attached hydrogens (tertiary/aromatic N) is 6. The molecule has 0 unspecified atom stereocenters. The Morgan fingerprint density at radius 1 is 1.24 bits per heavy atom. The largest absolute Gasteiger partial charge is 0.438 e. The van der Waals surface area contributed by atoms with E-state index < -0.39 is 17.5 Å². The second kappa shape index (κ2) is 10.4. The Balaban J connectivity index is 1.76. The zero-order chi connectivity index (χ0) is 27.6. The smallest absolute Gasteiger partial charge is 0.278 e. The van der Waals surface area contributed by atoms with E-state index in [0.717, 1.165) is 4.80 Å². The van der Waals surface area contributed by atoms with Gasteiger partial charge in [-0.3, -0.25) is 9.59 Å². The molecule has 0 atom stereocenters. The van der Waals surface area contributed by atoms with Crippen LogP contribution in [-0.2, 0) is 12.2 Å². The van der Waals surface area contributed by atoms with Crippen molar-refractivity contribution in [2.24, 2.45) is 0 Å². The number of hydrogen-bond acceptors (Lipinski definition) is 8. The Morgan fingerprint density at radius 3 is 2.61 bits per heavy atom. The third-order valence-electron chi connectivity index (χ3n) is 5.44. The summed E-state index contributed by atoms with van der Waals surface area (Å²) in [5.41, 5.74) is -0.458. The number of amides is 2. The van der Waals surface area contributed by atoms with E-state index in [9.17, 15) is 19.2 Å². The van der Waals surface area contributed by atoms with Crippen molar-refractivity contribution in [3.05, 3.63) is 75.5 Å². The van der Waals surface area contributed by atoms with Gasteiger partial charge in [0.05, 0.1) is 27.9 Å². The quantitative estimate of drug-likeness (QED) is 0.359. The van der Waals surface area contributed by atoms with E-state index in [1.807, 2.05) is 6.07 Å². The maximum atomic E-state index is 14.2. The number of carbonyl (C=O) groups is 2. The molecule has 4 rings (SSSR count). The highest BCUT2D eigenvalue weighted by molar-refractivity contribution is 6.33. The number of aromatic nitrogens is 5. The summed E-state index contributed by atoms with van der Waals surface area (Å²) in [6, 6.07) is 11.6. The molecule has 0 saturated carbocycles. The van der Waals surface area contributed by atoms with Gasteiger partial charge in [-0.05, 0) is 55.8 Å². The SMILES string of the molecule is CNC(=O)c1cc(C#N)cc(C)c1NC(=O)c1nc(Cn2nnc(C(C)(C)F)n2)oc1-c1ccccc1Cl.